The summed E-state index contributed by atoms with van der Waals surface area (Å²) < 4.78 is 49.9. The van der Waals surface area contributed by atoms with Gasteiger partial charge in [0, 0.05) is 0 Å². The van der Waals surface area contributed by atoms with Gasteiger partial charge in [-0.2, -0.15) is 0 Å². The van der Waals surface area contributed by atoms with E-state index >= 15 is 0 Å². The van der Waals surface area contributed by atoms with Crippen LogP contribution in [0.5, 0.6) is 17.2 Å². The molecule has 0 spiro atoms. The van der Waals surface area contributed by atoms with Crippen LogP contribution in [0.1, 0.15) is 90.8 Å². The van der Waals surface area contributed by atoms with Gasteiger partial charge in [0.25, 0.3) is 0 Å². The van der Waals surface area contributed by atoms with Crippen LogP contribution in [-0.2, 0) is 6.42 Å². The molecule has 0 N–H and O–H groups in total. The fourth-order valence-corrected chi connectivity index (χ4v) is 3.04. The van der Waals surface area contributed by atoms with Gasteiger partial charge in [0.2, 0.25) is 0 Å². The molecular weight excluding hydrogens is 501 g/mol. The maximum absolute atomic E-state index is 12.0. The summed E-state index contributed by atoms with van der Waals surface area (Å²) in [5.74, 6) is 2.34. The van der Waals surface area contributed by atoms with E-state index in [0.29, 0.717) is 11.5 Å². The summed E-state index contributed by atoms with van der Waals surface area (Å²) in [5.41, 5.74) is 3.23. The summed E-state index contributed by atoms with van der Waals surface area (Å²) in [6.45, 7) is 18.1. The zero-order valence-electron chi connectivity index (χ0n) is 25.6. The van der Waals surface area contributed by atoms with E-state index in [1.807, 2.05) is 65.8 Å². The molecule has 0 radical (unpaired) electrons. The number of ether oxygens (including phenoxy) is 3. The summed E-state index contributed by atoms with van der Waals surface area (Å²) in [6, 6.07) is 22.5. The molecule has 39 heavy (non-hydrogen) atoms. The summed E-state index contributed by atoms with van der Waals surface area (Å²) in [5, 5.41) is 0. The molecule has 0 aliphatic carbocycles. The summed E-state index contributed by atoms with van der Waals surface area (Å²) in [4.78, 5) is 0. The molecule has 0 saturated carbocycles. The van der Waals surface area contributed by atoms with Gasteiger partial charge in [-0.1, -0.05) is 105 Å². The summed E-state index contributed by atoms with van der Waals surface area (Å²) >= 11 is 0. The minimum atomic E-state index is -4.62. The third-order valence-corrected chi connectivity index (χ3v) is 5.09. The van der Waals surface area contributed by atoms with Crippen molar-refractivity contribution >= 4 is 0 Å². The number of hydrogen-bond donors (Lipinski definition) is 0. The Morgan fingerprint density at radius 2 is 1.21 bits per heavy atom. The number of hydrogen-bond acceptors (Lipinski definition) is 3. The second-order valence-corrected chi connectivity index (χ2v) is 8.37. The van der Waals surface area contributed by atoms with E-state index in [2.05, 4.69) is 49.8 Å². The largest absolute Gasteiger partial charge is 0.573 e. The second kappa shape index (κ2) is 21.7. The molecule has 3 aromatic rings. The van der Waals surface area contributed by atoms with Crippen LogP contribution in [0.2, 0.25) is 0 Å². The topological polar surface area (TPSA) is 27.7 Å². The molecule has 0 aliphatic rings. The van der Waals surface area contributed by atoms with Crippen molar-refractivity contribution in [2.24, 2.45) is 0 Å². The predicted molar refractivity (Wildman–Crippen MR) is 159 cm³/mol. The number of methoxy groups -OCH3 is 2. The van der Waals surface area contributed by atoms with Gasteiger partial charge in [-0.25, -0.2) is 0 Å². The molecule has 3 nitrogen and oxygen atoms in total. The second-order valence-electron chi connectivity index (χ2n) is 8.37. The van der Waals surface area contributed by atoms with Crippen molar-refractivity contribution in [2.75, 3.05) is 14.2 Å². The van der Waals surface area contributed by atoms with E-state index in [1.54, 1.807) is 26.4 Å². The first-order valence-corrected chi connectivity index (χ1v) is 13.6. The van der Waals surface area contributed by atoms with E-state index in [4.69, 9.17) is 9.47 Å². The molecule has 0 unspecified atom stereocenters. The third kappa shape index (κ3) is 17.1. The van der Waals surface area contributed by atoms with Gasteiger partial charge < -0.3 is 14.2 Å². The van der Waals surface area contributed by atoms with Crippen LogP contribution in [0.4, 0.5) is 13.2 Å². The number of halogens is 3. The molecular formula is C33H49F3O3. The van der Waals surface area contributed by atoms with Crippen molar-refractivity contribution in [3.8, 4) is 17.2 Å². The lowest BCUT2D eigenvalue weighted by Gasteiger charge is -2.14. The van der Waals surface area contributed by atoms with E-state index in [9.17, 15) is 13.2 Å². The third-order valence-electron chi connectivity index (χ3n) is 5.09. The van der Waals surface area contributed by atoms with Gasteiger partial charge in [-0.05, 0) is 65.3 Å². The Labute approximate surface area is 235 Å². The standard InChI is InChI=1S/C10H11F3O.C10H14O.C9H12O.2C2H6/c1-7(2)8-5-3-4-6-9(8)14-10(11,12)13;1-8(2)9-5-4-6-10(7-9)11-3;1-3-8-4-6-9(10-2)7-5-8;2*1-2/h3-7H,1-2H3;4-8H,1-3H3;4-7H,3H2,1-2H3;2*1-2H3. The van der Waals surface area contributed by atoms with Crippen molar-refractivity contribution in [3.63, 3.8) is 0 Å². The minimum absolute atomic E-state index is 0.00792. The van der Waals surface area contributed by atoms with E-state index in [-0.39, 0.29) is 11.7 Å². The lowest BCUT2D eigenvalue weighted by atomic mass is 10.0. The summed E-state index contributed by atoms with van der Waals surface area (Å²) in [6.07, 6.45) is -3.53. The predicted octanol–water partition coefficient (Wildman–Crippen LogP) is 10.8. The molecule has 0 heterocycles. The van der Waals surface area contributed by atoms with Gasteiger partial charge in [-0.15, -0.1) is 13.2 Å². The molecule has 0 aromatic heterocycles. The van der Waals surface area contributed by atoms with Gasteiger partial charge in [0.1, 0.15) is 17.2 Å². The van der Waals surface area contributed by atoms with Crippen molar-refractivity contribution in [1.29, 1.82) is 0 Å². The minimum Gasteiger partial charge on any atom is -0.497 e. The molecule has 0 bridgehead atoms. The van der Waals surface area contributed by atoms with Crippen LogP contribution in [-0.4, -0.2) is 20.6 Å². The Bertz CT molecular complexity index is 959. The Balaban J connectivity index is 0. The highest BCUT2D eigenvalue weighted by Gasteiger charge is 2.32. The van der Waals surface area contributed by atoms with Crippen molar-refractivity contribution in [3.05, 3.63) is 89.5 Å². The normalized spacial score (nSPS) is 9.85. The fourth-order valence-electron chi connectivity index (χ4n) is 3.04. The first-order chi connectivity index (χ1) is 18.5. The SMILES string of the molecule is CC.CC.CC(C)c1ccccc1OC(F)(F)F.CCc1ccc(OC)cc1.COc1cccc(C(C)C)c1. The average Bonchev–Trinajstić information content (AvgIpc) is 2.95. The first-order valence-electron chi connectivity index (χ1n) is 13.6. The summed E-state index contributed by atoms with van der Waals surface area (Å²) in [7, 11) is 3.38. The highest BCUT2D eigenvalue weighted by atomic mass is 19.4. The highest BCUT2D eigenvalue weighted by Crippen LogP contribution is 2.30. The Morgan fingerprint density at radius 3 is 1.64 bits per heavy atom. The van der Waals surface area contributed by atoms with Gasteiger partial charge in [-0.3, -0.25) is 0 Å². The smallest absolute Gasteiger partial charge is 0.497 e. The van der Waals surface area contributed by atoms with Gasteiger partial charge >= 0.3 is 6.36 Å². The van der Waals surface area contributed by atoms with Crippen LogP contribution in [0.15, 0.2) is 72.8 Å². The monoisotopic (exact) mass is 550 g/mol. The lowest BCUT2D eigenvalue weighted by Crippen LogP contribution is -2.18. The van der Waals surface area contributed by atoms with Crippen LogP contribution >= 0.6 is 0 Å². The number of alkyl halides is 3. The van der Waals surface area contributed by atoms with Crippen molar-refractivity contribution < 1.29 is 27.4 Å². The fraction of sp³-hybridized carbons (Fsp3) is 0.455. The van der Waals surface area contributed by atoms with Crippen LogP contribution in [0, 0.1) is 0 Å². The zero-order valence-corrected chi connectivity index (χ0v) is 25.6. The molecule has 0 fully saturated rings. The number of aryl methyl sites for hydroxylation is 1. The van der Waals surface area contributed by atoms with Crippen LogP contribution in [0.3, 0.4) is 0 Å². The maximum atomic E-state index is 12.0. The maximum Gasteiger partial charge on any atom is 0.573 e. The molecule has 0 saturated heterocycles. The first kappa shape index (κ1) is 38.0. The Kier molecular flexibility index (Phi) is 21.2. The number of rotatable bonds is 6. The van der Waals surface area contributed by atoms with Gasteiger partial charge in [0.15, 0.2) is 0 Å². The van der Waals surface area contributed by atoms with Crippen molar-refractivity contribution in [1.82, 2.24) is 0 Å². The van der Waals surface area contributed by atoms with E-state index in [0.717, 1.165) is 17.9 Å². The number of para-hydroxylation sites is 1. The quantitative estimate of drug-likeness (QED) is 0.305. The average molecular weight is 551 g/mol. The molecule has 220 valence electrons. The van der Waals surface area contributed by atoms with E-state index < -0.39 is 6.36 Å². The molecule has 0 amide bonds. The molecule has 3 rings (SSSR count). The zero-order chi connectivity index (χ0) is 30.4. The van der Waals surface area contributed by atoms with Crippen molar-refractivity contribution in [2.45, 2.75) is 86.9 Å². The Hall–Kier alpha value is -3.15. The molecule has 0 aliphatic heterocycles. The van der Waals surface area contributed by atoms with Gasteiger partial charge in [0.05, 0.1) is 14.2 Å². The van der Waals surface area contributed by atoms with E-state index in [1.165, 1.54) is 23.3 Å². The number of benzene rings is 3. The Morgan fingerprint density at radius 1 is 0.667 bits per heavy atom. The molecule has 3 aromatic carbocycles. The molecule has 6 heteroatoms. The van der Waals surface area contributed by atoms with Crippen LogP contribution < -0.4 is 14.2 Å². The van der Waals surface area contributed by atoms with Crippen LogP contribution in [0.25, 0.3) is 0 Å². The molecule has 0 atom stereocenters. The highest BCUT2D eigenvalue weighted by molar-refractivity contribution is 5.35. The lowest BCUT2D eigenvalue weighted by molar-refractivity contribution is -0.274.